The fourth-order valence-corrected chi connectivity index (χ4v) is 3.69. The van der Waals surface area contributed by atoms with Gasteiger partial charge in [0.05, 0.1) is 12.5 Å². The van der Waals surface area contributed by atoms with Gasteiger partial charge in [0.25, 0.3) is 0 Å². The summed E-state index contributed by atoms with van der Waals surface area (Å²) in [5.74, 6) is -6.42. The van der Waals surface area contributed by atoms with Gasteiger partial charge in [-0.25, -0.2) is 4.79 Å². The third-order valence-corrected chi connectivity index (χ3v) is 5.57. The minimum atomic E-state index is -1.52. The summed E-state index contributed by atoms with van der Waals surface area (Å²) in [7, 11) is 0. The lowest BCUT2D eigenvalue weighted by molar-refractivity contribution is -0.144. The quantitative estimate of drug-likeness (QED) is 0.161. The van der Waals surface area contributed by atoms with E-state index in [-0.39, 0.29) is 12.8 Å². The van der Waals surface area contributed by atoms with Crippen LogP contribution in [0.15, 0.2) is 30.3 Å². The van der Waals surface area contributed by atoms with Crippen LogP contribution in [0.4, 0.5) is 0 Å². The first-order valence-electron chi connectivity index (χ1n) is 11.4. The lowest BCUT2D eigenvalue weighted by Crippen LogP contribution is -2.58. The van der Waals surface area contributed by atoms with Crippen LogP contribution in [0.1, 0.15) is 37.7 Å². The molecule has 1 heterocycles. The summed E-state index contributed by atoms with van der Waals surface area (Å²) in [6.45, 7) is 0.611. The minimum absolute atomic E-state index is 0.0679. The molecule has 0 spiro atoms. The number of carboxylic acids is 3. The van der Waals surface area contributed by atoms with E-state index in [0.29, 0.717) is 18.5 Å². The lowest BCUT2D eigenvalue weighted by atomic mass is 10.0. The zero-order chi connectivity index (χ0) is 26.7. The van der Waals surface area contributed by atoms with Crippen molar-refractivity contribution < 1.29 is 44.1 Å². The Hall–Kier alpha value is -4.00. The van der Waals surface area contributed by atoms with E-state index in [2.05, 4.69) is 21.3 Å². The summed E-state index contributed by atoms with van der Waals surface area (Å²) in [4.78, 5) is 72.1. The van der Waals surface area contributed by atoms with Crippen LogP contribution in [0, 0.1) is 0 Å². The molecule has 2 rings (SSSR count). The third kappa shape index (κ3) is 9.33. The highest BCUT2D eigenvalue weighted by Gasteiger charge is 2.32. The zero-order valence-corrected chi connectivity index (χ0v) is 19.4. The summed E-state index contributed by atoms with van der Waals surface area (Å²) < 4.78 is 0. The van der Waals surface area contributed by atoms with Crippen LogP contribution in [0.25, 0.3) is 0 Å². The maximum Gasteiger partial charge on any atom is 0.326 e. The van der Waals surface area contributed by atoms with Crippen LogP contribution < -0.4 is 21.3 Å². The van der Waals surface area contributed by atoms with Gasteiger partial charge in [0, 0.05) is 12.8 Å². The Labute approximate surface area is 206 Å². The van der Waals surface area contributed by atoms with Crippen LogP contribution >= 0.6 is 0 Å². The average Bonchev–Trinajstić information content (AvgIpc) is 3.36. The van der Waals surface area contributed by atoms with Gasteiger partial charge >= 0.3 is 17.9 Å². The van der Waals surface area contributed by atoms with E-state index in [4.69, 9.17) is 5.11 Å². The van der Waals surface area contributed by atoms with Crippen molar-refractivity contribution in [1.82, 2.24) is 21.3 Å². The number of carboxylic acid groups (broad SMARTS) is 3. The lowest BCUT2D eigenvalue weighted by Gasteiger charge is -2.24. The highest BCUT2D eigenvalue weighted by molar-refractivity contribution is 5.95. The molecule has 1 aliphatic heterocycles. The molecule has 13 nitrogen and oxygen atoms in total. The Morgan fingerprint density at radius 3 is 2.06 bits per heavy atom. The number of rotatable bonds is 14. The SMILES string of the molecule is O=C(O)CCC(NC(=O)C(Cc1ccccc1)NC(=O)C(CC(=O)O)NC(=O)C1CCCN1)C(=O)O. The van der Waals surface area contributed by atoms with Crippen LogP contribution in [0.5, 0.6) is 0 Å². The predicted octanol–water partition coefficient (Wildman–Crippen LogP) is -1.14. The van der Waals surface area contributed by atoms with Gasteiger partial charge in [-0.15, -0.1) is 0 Å². The topological polar surface area (TPSA) is 211 Å². The summed E-state index contributed by atoms with van der Waals surface area (Å²) in [6.07, 6.45) is -0.412. The van der Waals surface area contributed by atoms with Crippen molar-refractivity contribution in [1.29, 1.82) is 0 Å². The zero-order valence-electron chi connectivity index (χ0n) is 19.4. The Morgan fingerprint density at radius 1 is 0.861 bits per heavy atom. The molecule has 4 atom stereocenters. The largest absolute Gasteiger partial charge is 0.481 e. The second kappa shape index (κ2) is 13.8. The first-order chi connectivity index (χ1) is 17.1. The molecule has 1 fully saturated rings. The minimum Gasteiger partial charge on any atom is -0.481 e. The van der Waals surface area contributed by atoms with Crippen molar-refractivity contribution in [2.75, 3.05) is 6.54 Å². The molecule has 1 aliphatic rings. The average molecular weight is 507 g/mol. The van der Waals surface area contributed by atoms with E-state index in [1.807, 2.05) is 0 Å². The van der Waals surface area contributed by atoms with E-state index >= 15 is 0 Å². The van der Waals surface area contributed by atoms with Gasteiger partial charge in [-0.05, 0) is 31.4 Å². The molecule has 7 N–H and O–H groups in total. The number of hydrogen-bond donors (Lipinski definition) is 7. The molecular formula is C23H30N4O9. The van der Waals surface area contributed by atoms with E-state index in [1.165, 1.54) is 0 Å². The standard InChI is InChI=1S/C23H30N4O9/c28-18(29)9-8-15(23(35)36)25-21(33)16(11-13-5-2-1-3-6-13)26-22(34)17(12-19(30)31)27-20(32)14-7-4-10-24-14/h1-3,5-6,14-17,24H,4,7-12H2,(H,25,33)(H,26,34)(H,27,32)(H,28,29)(H,30,31)(H,35,36). The van der Waals surface area contributed by atoms with Crippen LogP contribution in [-0.4, -0.2) is 81.7 Å². The summed E-state index contributed by atoms with van der Waals surface area (Å²) in [6, 6.07) is 3.58. The summed E-state index contributed by atoms with van der Waals surface area (Å²) in [5.41, 5.74) is 0.615. The Morgan fingerprint density at radius 2 is 1.50 bits per heavy atom. The first-order valence-corrected chi connectivity index (χ1v) is 11.4. The molecule has 36 heavy (non-hydrogen) atoms. The number of nitrogens with one attached hydrogen (secondary N) is 4. The van der Waals surface area contributed by atoms with Crippen molar-refractivity contribution in [2.24, 2.45) is 0 Å². The molecule has 1 aromatic carbocycles. The van der Waals surface area contributed by atoms with Crippen LogP contribution in [-0.2, 0) is 35.2 Å². The number of benzene rings is 1. The first kappa shape index (κ1) is 28.2. The maximum absolute atomic E-state index is 13.0. The van der Waals surface area contributed by atoms with Crippen LogP contribution in [0.2, 0.25) is 0 Å². The summed E-state index contributed by atoms with van der Waals surface area (Å²) in [5, 5.41) is 37.4. The second-order valence-electron chi connectivity index (χ2n) is 8.39. The number of carbonyl (C=O) groups is 6. The number of carbonyl (C=O) groups excluding carboxylic acids is 3. The van der Waals surface area contributed by atoms with E-state index in [1.54, 1.807) is 30.3 Å². The van der Waals surface area contributed by atoms with E-state index in [9.17, 15) is 39.0 Å². The molecule has 0 aliphatic carbocycles. The van der Waals surface area contributed by atoms with Gasteiger partial charge in [0.2, 0.25) is 17.7 Å². The molecule has 13 heteroatoms. The molecule has 0 radical (unpaired) electrons. The second-order valence-corrected chi connectivity index (χ2v) is 8.39. The number of hydrogen-bond acceptors (Lipinski definition) is 7. The van der Waals surface area contributed by atoms with Gasteiger partial charge in [-0.1, -0.05) is 30.3 Å². The molecule has 4 unspecified atom stereocenters. The number of amides is 3. The van der Waals surface area contributed by atoms with Crippen molar-refractivity contribution >= 4 is 35.6 Å². The van der Waals surface area contributed by atoms with E-state index < -0.39 is 72.6 Å². The van der Waals surface area contributed by atoms with Crippen molar-refractivity contribution in [3.63, 3.8) is 0 Å². The molecular weight excluding hydrogens is 476 g/mol. The number of aliphatic carboxylic acids is 3. The molecule has 0 aromatic heterocycles. The molecule has 3 amide bonds. The molecule has 196 valence electrons. The van der Waals surface area contributed by atoms with Crippen LogP contribution in [0.3, 0.4) is 0 Å². The van der Waals surface area contributed by atoms with Crippen molar-refractivity contribution in [2.45, 2.75) is 62.7 Å². The summed E-state index contributed by atoms with van der Waals surface area (Å²) >= 11 is 0. The third-order valence-electron chi connectivity index (χ3n) is 5.57. The van der Waals surface area contributed by atoms with E-state index in [0.717, 1.165) is 6.42 Å². The fraction of sp³-hybridized carbons (Fsp3) is 0.478. The Bertz CT molecular complexity index is 964. The molecule has 0 bridgehead atoms. The monoisotopic (exact) mass is 506 g/mol. The highest BCUT2D eigenvalue weighted by Crippen LogP contribution is 2.08. The van der Waals surface area contributed by atoms with Gasteiger partial charge in [0.1, 0.15) is 18.1 Å². The Kier molecular flexibility index (Phi) is 10.8. The Balaban J connectivity index is 2.19. The normalized spacial score (nSPS) is 17.3. The van der Waals surface area contributed by atoms with Gasteiger partial charge in [-0.3, -0.25) is 24.0 Å². The van der Waals surface area contributed by atoms with Gasteiger partial charge in [-0.2, -0.15) is 0 Å². The highest BCUT2D eigenvalue weighted by atomic mass is 16.4. The van der Waals surface area contributed by atoms with Gasteiger partial charge in [0.15, 0.2) is 0 Å². The van der Waals surface area contributed by atoms with Gasteiger partial charge < -0.3 is 36.6 Å². The molecule has 1 saturated heterocycles. The van der Waals surface area contributed by atoms with Crippen molar-refractivity contribution in [3.8, 4) is 0 Å². The predicted molar refractivity (Wildman–Crippen MR) is 124 cm³/mol. The maximum atomic E-state index is 13.0. The molecule has 0 saturated carbocycles. The fourth-order valence-electron chi connectivity index (χ4n) is 3.69. The van der Waals surface area contributed by atoms with Crippen molar-refractivity contribution in [3.05, 3.63) is 35.9 Å². The molecule has 1 aromatic rings. The smallest absolute Gasteiger partial charge is 0.326 e.